The molecule has 28 heavy (non-hydrogen) atoms. The molecule has 0 aromatic rings. The summed E-state index contributed by atoms with van der Waals surface area (Å²) in [6, 6.07) is 0. The maximum atomic E-state index is 12.1. The number of carbonyl (C=O) groups is 1. The van der Waals surface area contributed by atoms with E-state index in [2.05, 4.69) is 34.6 Å². The molecule has 0 spiro atoms. The number of carbonyl (C=O) groups excluding carboxylic acids is 1. The van der Waals surface area contributed by atoms with Crippen LogP contribution in [0, 0.1) is 52.3 Å². The average molecular weight is 387 g/mol. The number of rotatable bonds is 5. The van der Waals surface area contributed by atoms with Crippen molar-refractivity contribution in [1.82, 2.24) is 0 Å². The van der Waals surface area contributed by atoms with Gasteiger partial charge in [-0.2, -0.15) is 0 Å². The first kappa shape index (κ1) is 20.9. The van der Waals surface area contributed by atoms with Crippen LogP contribution in [0.4, 0.5) is 0 Å². The van der Waals surface area contributed by atoms with Gasteiger partial charge in [0.1, 0.15) is 5.78 Å². The molecule has 0 aromatic carbocycles. The Bertz CT molecular complexity index is 579. The van der Waals surface area contributed by atoms with Crippen molar-refractivity contribution in [1.29, 1.82) is 0 Å². The number of fused-ring (bicyclic) bond motifs is 5. The largest absolute Gasteiger partial charge is 0.300 e. The smallest absolute Gasteiger partial charge is 0.133 e. The Hall–Kier alpha value is -0.330. The predicted octanol–water partition coefficient (Wildman–Crippen LogP) is 7.68. The predicted molar refractivity (Wildman–Crippen MR) is 118 cm³/mol. The topological polar surface area (TPSA) is 17.1 Å². The van der Waals surface area contributed by atoms with Crippen molar-refractivity contribution in [3.05, 3.63) is 0 Å². The fourth-order valence-corrected chi connectivity index (χ4v) is 9.07. The summed E-state index contributed by atoms with van der Waals surface area (Å²) in [6.45, 7) is 12.6. The molecule has 1 heteroatoms. The van der Waals surface area contributed by atoms with Gasteiger partial charge in [-0.1, -0.05) is 53.9 Å². The fourth-order valence-electron chi connectivity index (χ4n) is 9.07. The van der Waals surface area contributed by atoms with Gasteiger partial charge in [-0.25, -0.2) is 0 Å². The Morgan fingerprint density at radius 2 is 1.64 bits per heavy atom. The highest BCUT2D eigenvalue weighted by molar-refractivity contribution is 5.79. The monoisotopic (exact) mass is 386 g/mol. The normalized spacial score (nSPS) is 46.8. The van der Waals surface area contributed by atoms with Gasteiger partial charge in [-0.15, -0.1) is 0 Å². The fraction of sp³-hybridized carbons (Fsp3) is 0.963. The maximum Gasteiger partial charge on any atom is 0.133 e. The van der Waals surface area contributed by atoms with Crippen molar-refractivity contribution in [2.75, 3.05) is 0 Å². The molecule has 8 atom stereocenters. The van der Waals surface area contributed by atoms with E-state index in [1.807, 2.05) is 0 Å². The minimum Gasteiger partial charge on any atom is -0.300 e. The van der Waals surface area contributed by atoms with Crippen molar-refractivity contribution < 1.29 is 4.79 Å². The van der Waals surface area contributed by atoms with Crippen molar-refractivity contribution in [3.8, 4) is 0 Å². The number of Topliss-reactive ketones (excluding diaryl/α,β-unsaturated/α-hetero) is 1. The first-order chi connectivity index (χ1) is 13.3. The van der Waals surface area contributed by atoms with E-state index >= 15 is 0 Å². The van der Waals surface area contributed by atoms with E-state index < -0.39 is 0 Å². The SMILES string of the molecule is CC(C)CCC[C@@H](C)[C@H]1CC[C@@H]2[C@@H]3CC[C@@H]4CC(=O)CC[C@]4(C)[C@@H]3CC[C@@]21C. The molecule has 0 radical (unpaired) electrons. The van der Waals surface area contributed by atoms with Crippen LogP contribution in [-0.2, 0) is 4.79 Å². The van der Waals surface area contributed by atoms with Gasteiger partial charge in [-0.3, -0.25) is 4.79 Å². The molecule has 4 fully saturated rings. The highest BCUT2D eigenvalue weighted by Crippen LogP contribution is 2.68. The third-order valence-electron chi connectivity index (χ3n) is 10.7. The van der Waals surface area contributed by atoms with Crippen LogP contribution < -0.4 is 0 Å². The van der Waals surface area contributed by atoms with Crippen LogP contribution in [0.5, 0.6) is 0 Å². The van der Waals surface area contributed by atoms with Gasteiger partial charge in [0.2, 0.25) is 0 Å². The number of hydrogen-bond acceptors (Lipinski definition) is 1. The van der Waals surface area contributed by atoms with Crippen LogP contribution in [0.3, 0.4) is 0 Å². The van der Waals surface area contributed by atoms with E-state index in [-0.39, 0.29) is 0 Å². The standard InChI is InChI=1S/C27H46O/c1-18(2)7-6-8-19(3)23-11-12-24-22-10-9-20-17-21(28)13-15-26(20,4)25(22)14-16-27(23,24)5/h18-20,22-25H,6-17H2,1-5H3/t19-,20-,22+,23-,24-,25-,26+,27-/m1/s1. The lowest BCUT2D eigenvalue weighted by Gasteiger charge is -2.60. The van der Waals surface area contributed by atoms with Gasteiger partial charge in [0.15, 0.2) is 0 Å². The summed E-state index contributed by atoms with van der Waals surface area (Å²) >= 11 is 0. The Balaban J connectivity index is 1.47. The summed E-state index contributed by atoms with van der Waals surface area (Å²) in [5.74, 6) is 6.82. The zero-order chi connectivity index (χ0) is 20.1. The van der Waals surface area contributed by atoms with Crippen molar-refractivity contribution in [2.24, 2.45) is 52.3 Å². The van der Waals surface area contributed by atoms with Gasteiger partial charge in [0.05, 0.1) is 0 Å². The van der Waals surface area contributed by atoms with E-state index in [9.17, 15) is 4.79 Å². The average Bonchev–Trinajstić information content (AvgIpc) is 2.99. The second kappa shape index (κ2) is 7.73. The summed E-state index contributed by atoms with van der Waals surface area (Å²) in [7, 11) is 0. The van der Waals surface area contributed by atoms with Gasteiger partial charge in [-0.05, 0) is 97.2 Å². The maximum absolute atomic E-state index is 12.1. The van der Waals surface area contributed by atoms with Crippen LogP contribution in [0.1, 0.15) is 112 Å². The zero-order valence-corrected chi connectivity index (χ0v) is 19.4. The molecule has 1 nitrogen and oxygen atoms in total. The molecular formula is C27H46O. The van der Waals surface area contributed by atoms with E-state index in [0.717, 1.165) is 48.3 Å². The van der Waals surface area contributed by atoms with Gasteiger partial charge in [0, 0.05) is 12.8 Å². The molecule has 0 N–H and O–H groups in total. The van der Waals surface area contributed by atoms with Crippen LogP contribution >= 0.6 is 0 Å². The first-order valence-corrected chi connectivity index (χ1v) is 12.8. The Labute approximate surface area is 174 Å². The molecule has 4 aliphatic carbocycles. The van der Waals surface area contributed by atoms with E-state index in [1.165, 1.54) is 64.2 Å². The lowest BCUT2D eigenvalue weighted by molar-refractivity contribution is -0.140. The second-order valence-electron chi connectivity index (χ2n) is 12.4. The quantitative estimate of drug-likeness (QED) is 0.473. The van der Waals surface area contributed by atoms with E-state index in [4.69, 9.17) is 0 Å². The summed E-state index contributed by atoms with van der Waals surface area (Å²) in [4.78, 5) is 12.1. The molecule has 0 amide bonds. The van der Waals surface area contributed by atoms with Crippen LogP contribution in [-0.4, -0.2) is 5.78 Å². The van der Waals surface area contributed by atoms with Gasteiger partial charge < -0.3 is 0 Å². The summed E-state index contributed by atoms with van der Waals surface area (Å²) < 4.78 is 0. The molecule has 0 aliphatic heterocycles. The summed E-state index contributed by atoms with van der Waals surface area (Å²) in [5, 5.41) is 0. The second-order valence-corrected chi connectivity index (χ2v) is 12.4. The van der Waals surface area contributed by atoms with Gasteiger partial charge in [0.25, 0.3) is 0 Å². The van der Waals surface area contributed by atoms with Crippen LogP contribution in [0.25, 0.3) is 0 Å². The number of ketones is 1. The Morgan fingerprint density at radius 1 is 0.893 bits per heavy atom. The van der Waals surface area contributed by atoms with Gasteiger partial charge >= 0.3 is 0 Å². The molecule has 0 saturated heterocycles. The Morgan fingerprint density at radius 3 is 2.39 bits per heavy atom. The molecule has 160 valence electrons. The summed E-state index contributed by atoms with van der Waals surface area (Å²) in [5.41, 5.74) is 1.07. The molecule has 0 unspecified atom stereocenters. The third kappa shape index (κ3) is 3.41. The minimum atomic E-state index is 0.471. The molecule has 0 aromatic heterocycles. The summed E-state index contributed by atoms with van der Waals surface area (Å²) in [6.07, 6.45) is 15.9. The molecule has 4 aliphatic rings. The zero-order valence-electron chi connectivity index (χ0n) is 19.4. The van der Waals surface area contributed by atoms with Crippen molar-refractivity contribution >= 4 is 5.78 Å². The minimum absolute atomic E-state index is 0.471. The Kier molecular flexibility index (Phi) is 5.78. The highest BCUT2D eigenvalue weighted by atomic mass is 16.1. The first-order valence-electron chi connectivity index (χ1n) is 12.8. The molecule has 4 rings (SSSR count). The van der Waals surface area contributed by atoms with Crippen LogP contribution in [0.15, 0.2) is 0 Å². The number of hydrogen-bond donors (Lipinski definition) is 0. The van der Waals surface area contributed by atoms with E-state index in [0.29, 0.717) is 22.5 Å². The van der Waals surface area contributed by atoms with Crippen LogP contribution in [0.2, 0.25) is 0 Å². The molecular weight excluding hydrogens is 340 g/mol. The molecule has 0 bridgehead atoms. The van der Waals surface area contributed by atoms with Crippen molar-refractivity contribution in [3.63, 3.8) is 0 Å². The van der Waals surface area contributed by atoms with E-state index in [1.54, 1.807) is 0 Å². The highest BCUT2D eigenvalue weighted by Gasteiger charge is 2.60. The molecule has 4 saturated carbocycles. The lowest BCUT2D eigenvalue weighted by atomic mass is 9.44. The third-order valence-corrected chi connectivity index (χ3v) is 10.7. The lowest BCUT2D eigenvalue weighted by Crippen LogP contribution is -2.53. The van der Waals surface area contributed by atoms with Crippen molar-refractivity contribution in [2.45, 2.75) is 112 Å². The molecule has 0 heterocycles.